The number of rotatable bonds is 5. The fraction of sp³-hybridized carbons (Fsp3) is 0.0625. The quantitative estimate of drug-likeness (QED) is 0.170. The van der Waals surface area contributed by atoms with Gasteiger partial charge >= 0.3 is 0 Å². The first-order chi connectivity index (χ1) is 33.0. The van der Waals surface area contributed by atoms with Crippen LogP contribution < -0.4 is 4.90 Å². The van der Waals surface area contributed by atoms with Crippen molar-refractivity contribution in [1.82, 2.24) is 4.57 Å². The highest BCUT2D eigenvalue weighted by Gasteiger charge is 2.49. The van der Waals surface area contributed by atoms with Gasteiger partial charge in [0.05, 0.1) is 27.8 Å². The van der Waals surface area contributed by atoms with Crippen LogP contribution in [0.15, 0.2) is 240 Å². The van der Waals surface area contributed by atoms with Crippen molar-refractivity contribution in [3.8, 4) is 39.1 Å². The van der Waals surface area contributed by atoms with Crippen molar-refractivity contribution in [2.45, 2.75) is 34.5 Å². The van der Waals surface area contributed by atoms with Crippen LogP contribution in [0.4, 0.5) is 17.1 Å². The van der Waals surface area contributed by atoms with Gasteiger partial charge in [-0.25, -0.2) is 0 Å². The van der Waals surface area contributed by atoms with E-state index in [9.17, 15) is 0 Å². The van der Waals surface area contributed by atoms with Gasteiger partial charge in [-0.2, -0.15) is 0 Å². The fourth-order valence-electron chi connectivity index (χ4n) is 12.1. The van der Waals surface area contributed by atoms with Gasteiger partial charge in [0.2, 0.25) is 0 Å². The van der Waals surface area contributed by atoms with Crippen LogP contribution in [-0.4, -0.2) is 4.57 Å². The topological polar surface area (TPSA) is 8.17 Å². The normalized spacial score (nSPS) is 15.7. The molecule has 14 rings (SSSR count). The van der Waals surface area contributed by atoms with Crippen LogP contribution in [0.1, 0.15) is 47.2 Å². The van der Waals surface area contributed by atoms with E-state index in [0.717, 1.165) is 17.1 Å². The maximum absolute atomic E-state index is 2.53. The zero-order valence-electron chi connectivity index (χ0n) is 37.2. The Labute approximate surface area is 395 Å². The van der Waals surface area contributed by atoms with E-state index in [1.807, 2.05) is 11.8 Å². The first-order valence-corrected chi connectivity index (χ1v) is 24.2. The Morgan fingerprint density at radius 1 is 0.388 bits per heavy atom. The molecule has 1 aliphatic carbocycles. The van der Waals surface area contributed by atoms with Crippen LogP contribution in [0.5, 0.6) is 0 Å². The molecule has 2 nitrogen and oxygen atoms in total. The molecule has 1 spiro atoms. The number of fused-ring (bicyclic) bond motifs is 14. The Balaban J connectivity index is 1.05. The molecule has 0 radical (unpaired) electrons. The highest BCUT2D eigenvalue weighted by atomic mass is 32.2. The zero-order chi connectivity index (χ0) is 44.4. The number of hydrogen-bond acceptors (Lipinski definition) is 2. The van der Waals surface area contributed by atoms with Crippen LogP contribution in [0.2, 0.25) is 0 Å². The number of aromatic nitrogens is 1. The van der Waals surface area contributed by atoms with Gasteiger partial charge < -0.3 is 9.47 Å². The summed E-state index contributed by atoms with van der Waals surface area (Å²) in [6, 6.07) is 86.4. The molecule has 10 aromatic carbocycles. The van der Waals surface area contributed by atoms with Crippen molar-refractivity contribution < 1.29 is 0 Å². The van der Waals surface area contributed by atoms with Crippen LogP contribution in [0, 0.1) is 0 Å². The Hall–Kier alpha value is -7.85. The van der Waals surface area contributed by atoms with Gasteiger partial charge in [-0.3, -0.25) is 0 Å². The molecule has 2 aliphatic heterocycles. The molecular weight excluding hydrogens is 829 g/mol. The minimum Gasteiger partial charge on any atom is -0.310 e. The van der Waals surface area contributed by atoms with Crippen molar-refractivity contribution in [2.75, 3.05) is 4.90 Å². The lowest BCUT2D eigenvalue weighted by molar-refractivity contribution is 0.660. The minimum absolute atomic E-state index is 0.160. The molecule has 3 aliphatic rings. The Morgan fingerprint density at radius 3 is 1.87 bits per heavy atom. The fourth-order valence-corrected chi connectivity index (χ4v) is 13.3. The molecule has 3 heteroatoms. The van der Waals surface area contributed by atoms with Crippen molar-refractivity contribution >= 4 is 50.6 Å². The van der Waals surface area contributed by atoms with Gasteiger partial charge in [-0.1, -0.05) is 202 Å². The summed E-state index contributed by atoms with van der Waals surface area (Å²) in [7, 11) is 0. The van der Waals surface area contributed by atoms with Crippen LogP contribution >= 0.6 is 11.8 Å². The Kier molecular flexibility index (Phi) is 8.21. The average Bonchev–Trinajstić information content (AvgIpc) is 3.84. The average molecular weight is 873 g/mol. The van der Waals surface area contributed by atoms with E-state index in [2.05, 4.69) is 254 Å². The van der Waals surface area contributed by atoms with Crippen molar-refractivity contribution in [3.05, 3.63) is 264 Å². The summed E-state index contributed by atoms with van der Waals surface area (Å²) in [5, 5.41) is 2.57. The molecule has 0 fully saturated rings. The highest BCUT2D eigenvalue weighted by molar-refractivity contribution is 7.99. The summed E-state index contributed by atoms with van der Waals surface area (Å²) >= 11 is 1.90. The van der Waals surface area contributed by atoms with Crippen molar-refractivity contribution in [2.24, 2.45) is 0 Å². The molecule has 1 aromatic heterocycles. The number of anilines is 3. The van der Waals surface area contributed by atoms with Crippen LogP contribution in [0.25, 0.3) is 60.9 Å². The lowest BCUT2D eigenvalue weighted by Crippen LogP contribution is -2.37. The molecule has 67 heavy (non-hydrogen) atoms. The summed E-state index contributed by atoms with van der Waals surface area (Å²) in [5.74, 6) is 0. The summed E-state index contributed by atoms with van der Waals surface area (Å²) in [5.41, 5.74) is 21.8. The van der Waals surface area contributed by atoms with Gasteiger partial charge in [0.15, 0.2) is 0 Å². The van der Waals surface area contributed by atoms with Crippen LogP contribution in [-0.2, 0) is 10.8 Å². The summed E-state index contributed by atoms with van der Waals surface area (Å²) in [6.07, 6.45) is 0. The van der Waals surface area contributed by atoms with Crippen molar-refractivity contribution in [3.63, 3.8) is 0 Å². The predicted molar refractivity (Wildman–Crippen MR) is 280 cm³/mol. The number of para-hydroxylation sites is 3. The summed E-state index contributed by atoms with van der Waals surface area (Å²) in [6.45, 7) is 4.76. The Morgan fingerprint density at radius 2 is 1.01 bits per heavy atom. The first kappa shape index (κ1) is 38.4. The van der Waals surface area contributed by atoms with Gasteiger partial charge in [-0.15, -0.1) is 0 Å². The minimum atomic E-state index is -0.559. The SMILES string of the molecule is CC1(C)c2ccccc2-c2ccc(N(c3ccc4c(c3)Sc3ccccc3C43c4ccccc4-n4c5ccccc5c5cccc3c54)c3ccc(-c4ccccc4)cc3-c3ccccc3)cc21. The first-order valence-electron chi connectivity index (χ1n) is 23.3. The highest BCUT2D eigenvalue weighted by Crippen LogP contribution is 2.61. The zero-order valence-corrected chi connectivity index (χ0v) is 38.1. The van der Waals surface area contributed by atoms with Gasteiger partial charge in [-0.05, 0) is 116 Å². The second-order valence-corrected chi connectivity index (χ2v) is 19.9. The number of hydrogen-bond donors (Lipinski definition) is 0. The second kappa shape index (κ2) is 14.3. The molecule has 0 saturated carbocycles. The van der Waals surface area contributed by atoms with E-state index < -0.39 is 5.41 Å². The van der Waals surface area contributed by atoms with Crippen molar-refractivity contribution in [1.29, 1.82) is 0 Å². The molecule has 1 unspecified atom stereocenters. The lowest BCUT2D eigenvalue weighted by atomic mass is 9.63. The van der Waals surface area contributed by atoms with Gasteiger partial charge in [0, 0.05) is 42.9 Å². The van der Waals surface area contributed by atoms with E-state index in [0.29, 0.717) is 0 Å². The number of nitrogens with zero attached hydrogens (tertiary/aromatic N) is 2. The van der Waals surface area contributed by atoms with Gasteiger partial charge in [0.1, 0.15) is 0 Å². The third-order valence-electron chi connectivity index (χ3n) is 15.0. The predicted octanol–water partition coefficient (Wildman–Crippen LogP) is 17.1. The third-order valence-corrected chi connectivity index (χ3v) is 16.2. The molecule has 0 saturated heterocycles. The van der Waals surface area contributed by atoms with E-state index in [1.54, 1.807) is 0 Å². The number of benzene rings is 10. The lowest BCUT2D eigenvalue weighted by Gasteiger charge is -2.45. The van der Waals surface area contributed by atoms with Gasteiger partial charge in [0.25, 0.3) is 0 Å². The Bertz CT molecular complexity index is 3820. The van der Waals surface area contributed by atoms with E-state index in [1.165, 1.54) is 104 Å². The standard InChI is InChI=1S/C64H44N2S/c1-63(2)51-25-11-9-22-46(51)47-35-33-44(39-56(47)63)65(58-37-32-43(41-18-5-3-6-19-41)38-50(58)42-20-7-4-8-21-42)45-34-36-54-61(40-45)67-60-31-16-13-27-53(60)64(54)52-26-12-15-30-59(52)66-57-29-14-10-23-48(57)49-24-17-28-55(64)62(49)66/h3-40H,1-2H3. The smallest absolute Gasteiger partial charge is 0.0764 e. The van der Waals surface area contributed by atoms with E-state index in [4.69, 9.17) is 0 Å². The maximum Gasteiger partial charge on any atom is 0.0764 e. The molecular formula is C64H44N2S. The molecule has 0 bridgehead atoms. The van der Waals surface area contributed by atoms with E-state index in [-0.39, 0.29) is 5.41 Å². The molecule has 3 heterocycles. The largest absolute Gasteiger partial charge is 0.310 e. The van der Waals surface area contributed by atoms with E-state index >= 15 is 0 Å². The molecule has 0 amide bonds. The monoisotopic (exact) mass is 872 g/mol. The van der Waals surface area contributed by atoms with Crippen LogP contribution in [0.3, 0.4) is 0 Å². The summed E-state index contributed by atoms with van der Waals surface area (Å²) < 4.78 is 2.53. The molecule has 1 atom stereocenters. The molecule has 11 aromatic rings. The molecule has 316 valence electrons. The maximum atomic E-state index is 2.53. The second-order valence-electron chi connectivity index (χ2n) is 18.8. The third kappa shape index (κ3) is 5.35. The summed E-state index contributed by atoms with van der Waals surface area (Å²) in [4.78, 5) is 5.07. The molecule has 0 N–H and O–H groups in total.